The minimum absolute atomic E-state index is 0.111. The highest BCUT2D eigenvalue weighted by molar-refractivity contribution is 7.99. The molecule has 2 aliphatic heterocycles. The first-order chi connectivity index (χ1) is 12.3. The van der Waals surface area contributed by atoms with Gasteiger partial charge in [-0.2, -0.15) is 0 Å². The number of ether oxygens (including phenoxy) is 1. The topological polar surface area (TPSA) is 38.2 Å². The highest BCUT2D eigenvalue weighted by atomic mass is 32.2. The summed E-state index contributed by atoms with van der Waals surface area (Å²) in [6.45, 7) is 14.0. The number of nitrogens with zero attached hydrogens (tertiary/aromatic N) is 3. The molecule has 0 aromatic carbocycles. The summed E-state index contributed by atoms with van der Waals surface area (Å²) < 4.78 is 6.06. The Morgan fingerprint density at radius 1 is 1.23 bits per heavy atom. The second kappa shape index (κ2) is 6.95. The summed E-state index contributed by atoms with van der Waals surface area (Å²) in [4.78, 5) is 15.0. The van der Waals surface area contributed by atoms with E-state index in [4.69, 9.17) is 14.7 Å². The summed E-state index contributed by atoms with van der Waals surface area (Å²) in [5.74, 6) is 1.98. The largest absolute Gasteiger partial charge is 0.370 e. The highest BCUT2D eigenvalue weighted by Crippen LogP contribution is 2.43. The predicted molar refractivity (Wildman–Crippen MR) is 112 cm³/mol. The smallest absolute Gasteiger partial charge is 0.191 e. The molecule has 0 bridgehead atoms. The fraction of sp³-hybridized carbons (Fsp3) is 0.700. The Morgan fingerprint density at radius 2 is 1.96 bits per heavy atom. The Hall–Kier alpha value is -0.850. The molecule has 0 atom stereocenters. The van der Waals surface area contributed by atoms with Crippen LogP contribution < -0.4 is 4.90 Å². The van der Waals surface area contributed by atoms with Crippen LogP contribution >= 0.6 is 23.1 Å². The summed E-state index contributed by atoms with van der Waals surface area (Å²) in [5, 5.41) is 2.70. The van der Waals surface area contributed by atoms with E-state index in [1.807, 2.05) is 0 Å². The molecule has 4 rings (SSSR count). The Morgan fingerprint density at radius 3 is 2.65 bits per heavy atom. The number of aromatic nitrogens is 2. The summed E-state index contributed by atoms with van der Waals surface area (Å²) in [7, 11) is 0. The third-order valence-corrected chi connectivity index (χ3v) is 7.28. The average Bonchev–Trinajstić information content (AvgIpc) is 2.90. The molecule has 4 heterocycles. The van der Waals surface area contributed by atoms with Crippen LogP contribution in [0.1, 0.15) is 57.9 Å². The Bertz CT molecular complexity index is 807. The number of anilines is 1. The van der Waals surface area contributed by atoms with Gasteiger partial charge in [0.15, 0.2) is 5.16 Å². The van der Waals surface area contributed by atoms with Crippen molar-refractivity contribution in [1.29, 1.82) is 0 Å². The van der Waals surface area contributed by atoms with Gasteiger partial charge in [-0.3, -0.25) is 0 Å². The maximum atomic E-state index is 6.06. The molecule has 142 valence electrons. The van der Waals surface area contributed by atoms with E-state index in [1.54, 1.807) is 23.1 Å². The van der Waals surface area contributed by atoms with Crippen molar-refractivity contribution < 1.29 is 4.74 Å². The van der Waals surface area contributed by atoms with Crippen LogP contribution in [-0.4, -0.2) is 33.9 Å². The van der Waals surface area contributed by atoms with Crippen LogP contribution in [0.3, 0.4) is 0 Å². The van der Waals surface area contributed by atoms with Crippen LogP contribution in [0.25, 0.3) is 10.2 Å². The molecule has 0 unspecified atom stereocenters. The minimum atomic E-state index is -0.111. The number of hydrogen-bond acceptors (Lipinski definition) is 6. The molecule has 0 N–H and O–H groups in total. The normalized spacial score (nSPS) is 20.8. The first-order valence-corrected chi connectivity index (χ1v) is 11.4. The van der Waals surface area contributed by atoms with Gasteiger partial charge in [0, 0.05) is 29.6 Å². The zero-order valence-electron chi connectivity index (χ0n) is 16.5. The third kappa shape index (κ3) is 3.60. The van der Waals surface area contributed by atoms with E-state index in [2.05, 4.69) is 39.5 Å². The second-order valence-electron chi connectivity index (χ2n) is 8.58. The lowest BCUT2D eigenvalue weighted by Gasteiger charge is -2.33. The highest BCUT2D eigenvalue weighted by Gasteiger charge is 2.32. The van der Waals surface area contributed by atoms with Crippen LogP contribution in [0.2, 0.25) is 0 Å². The number of hydrogen-bond donors (Lipinski definition) is 0. The van der Waals surface area contributed by atoms with Gasteiger partial charge in [-0.15, -0.1) is 11.3 Å². The monoisotopic (exact) mass is 391 g/mol. The van der Waals surface area contributed by atoms with Crippen molar-refractivity contribution in [2.24, 2.45) is 5.92 Å². The molecular weight excluding hydrogens is 362 g/mol. The van der Waals surface area contributed by atoms with Crippen molar-refractivity contribution in [3.05, 3.63) is 10.4 Å². The number of piperidine rings is 1. The predicted octanol–water partition coefficient (Wildman–Crippen LogP) is 5.28. The summed E-state index contributed by atoms with van der Waals surface area (Å²) in [6.07, 6.45) is 3.44. The lowest BCUT2D eigenvalue weighted by atomic mass is 9.93. The number of thioether (sulfide) groups is 1. The molecule has 0 radical (unpaired) electrons. The molecule has 2 aromatic heterocycles. The Balaban J connectivity index is 1.84. The van der Waals surface area contributed by atoms with E-state index in [0.29, 0.717) is 11.9 Å². The van der Waals surface area contributed by atoms with Gasteiger partial charge in [0.25, 0.3) is 0 Å². The van der Waals surface area contributed by atoms with E-state index in [-0.39, 0.29) is 5.60 Å². The maximum Gasteiger partial charge on any atom is 0.191 e. The van der Waals surface area contributed by atoms with Crippen molar-refractivity contribution >= 4 is 39.1 Å². The number of thiophene rings is 1. The SMILES string of the molecule is CC1CCN(c2nc(SC(C)C)nc3sc4c(c23)CC(C)(C)OC4)CC1. The first kappa shape index (κ1) is 18.5. The van der Waals surface area contributed by atoms with Crippen molar-refractivity contribution in [2.45, 2.75) is 76.5 Å². The van der Waals surface area contributed by atoms with Crippen LogP contribution in [0.5, 0.6) is 0 Å². The second-order valence-corrected chi connectivity index (χ2v) is 11.2. The van der Waals surface area contributed by atoms with E-state index in [1.165, 1.54) is 34.5 Å². The van der Waals surface area contributed by atoms with E-state index in [0.717, 1.165) is 35.4 Å². The van der Waals surface area contributed by atoms with Crippen LogP contribution in [-0.2, 0) is 17.8 Å². The van der Waals surface area contributed by atoms with Gasteiger partial charge in [-0.1, -0.05) is 32.5 Å². The van der Waals surface area contributed by atoms with Gasteiger partial charge in [0.1, 0.15) is 10.6 Å². The van der Waals surface area contributed by atoms with Gasteiger partial charge in [-0.05, 0) is 38.2 Å². The van der Waals surface area contributed by atoms with Crippen molar-refractivity contribution in [1.82, 2.24) is 9.97 Å². The average molecular weight is 392 g/mol. The minimum Gasteiger partial charge on any atom is -0.370 e. The van der Waals surface area contributed by atoms with E-state index >= 15 is 0 Å². The maximum absolute atomic E-state index is 6.06. The quantitative estimate of drug-likeness (QED) is 0.526. The van der Waals surface area contributed by atoms with Gasteiger partial charge in [0.2, 0.25) is 0 Å². The van der Waals surface area contributed by atoms with Gasteiger partial charge >= 0.3 is 0 Å². The molecule has 6 heteroatoms. The number of fused-ring (bicyclic) bond motifs is 3. The first-order valence-electron chi connectivity index (χ1n) is 9.70. The lowest BCUT2D eigenvalue weighted by Crippen LogP contribution is -2.34. The molecule has 26 heavy (non-hydrogen) atoms. The lowest BCUT2D eigenvalue weighted by molar-refractivity contribution is -0.0379. The molecule has 2 aliphatic rings. The van der Waals surface area contributed by atoms with E-state index in [9.17, 15) is 0 Å². The summed E-state index contributed by atoms with van der Waals surface area (Å²) in [5.41, 5.74) is 1.32. The van der Waals surface area contributed by atoms with Crippen LogP contribution in [0.15, 0.2) is 5.16 Å². The zero-order valence-corrected chi connectivity index (χ0v) is 18.1. The molecule has 4 nitrogen and oxygen atoms in total. The molecule has 0 spiro atoms. The van der Waals surface area contributed by atoms with Crippen LogP contribution in [0, 0.1) is 5.92 Å². The molecule has 1 saturated heterocycles. The van der Waals surface area contributed by atoms with Gasteiger partial charge < -0.3 is 9.64 Å². The fourth-order valence-corrected chi connectivity index (χ4v) is 5.68. The summed E-state index contributed by atoms with van der Waals surface area (Å²) in [6, 6.07) is 0. The Kier molecular flexibility index (Phi) is 4.95. The molecule has 2 aromatic rings. The van der Waals surface area contributed by atoms with E-state index < -0.39 is 0 Å². The van der Waals surface area contributed by atoms with Gasteiger partial charge in [-0.25, -0.2) is 9.97 Å². The van der Waals surface area contributed by atoms with Gasteiger partial charge in [0.05, 0.1) is 17.6 Å². The summed E-state index contributed by atoms with van der Waals surface area (Å²) >= 11 is 3.57. The Labute approximate surface area is 164 Å². The molecule has 0 amide bonds. The van der Waals surface area contributed by atoms with Crippen LogP contribution in [0.4, 0.5) is 5.82 Å². The third-order valence-electron chi connectivity index (χ3n) is 5.32. The van der Waals surface area contributed by atoms with Crippen molar-refractivity contribution in [2.75, 3.05) is 18.0 Å². The zero-order chi connectivity index (χ0) is 18.5. The number of rotatable bonds is 3. The molecule has 0 aliphatic carbocycles. The standard InChI is InChI=1S/C20H29N3OS2/c1-12(2)25-19-21-17(23-8-6-13(3)7-9-23)16-14-10-20(4,5)24-11-15(14)26-18(16)22-19/h12-13H,6-11H2,1-5H3. The molecular formula is C20H29N3OS2. The fourth-order valence-electron chi connectivity index (χ4n) is 3.82. The van der Waals surface area contributed by atoms with Crippen molar-refractivity contribution in [3.8, 4) is 0 Å². The molecule has 1 fully saturated rings. The van der Waals surface area contributed by atoms with Crippen molar-refractivity contribution in [3.63, 3.8) is 0 Å². The molecule has 0 saturated carbocycles.